The van der Waals surface area contributed by atoms with Crippen LogP contribution in [0.2, 0.25) is 0 Å². The van der Waals surface area contributed by atoms with Gasteiger partial charge < -0.3 is 10.2 Å². The topological polar surface area (TPSA) is 15.3 Å². The number of anilines is 1. The summed E-state index contributed by atoms with van der Waals surface area (Å²) in [5.74, 6) is 1.75. The van der Waals surface area contributed by atoms with Crippen LogP contribution in [-0.4, -0.2) is 19.6 Å². The molecule has 21 heavy (non-hydrogen) atoms. The maximum absolute atomic E-state index is 3.48. The molecule has 1 aliphatic rings. The summed E-state index contributed by atoms with van der Waals surface area (Å²) in [6, 6.07) is 6.97. The van der Waals surface area contributed by atoms with E-state index in [1.165, 1.54) is 49.2 Å². The Morgan fingerprint density at radius 1 is 1.24 bits per heavy atom. The van der Waals surface area contributed by atoms with Crippen LogP contribution in [0.25, 0.3) is 0 Å². The summed E-state index contributed by atoms with van der Waals surface area (Å²) in [5, 5.41) is 3.48. The van der Waals surface area contributed by atoms with E-state index in [2.05, 4.69) is 56.1 Å². The van der Waals surface area contributed by atoms with Crippen LogP contribution >= 0.6 is 0 Å². The number of hydrogen-bond donors (Lipinski definition) is 1. The molecule has 0 unspecified atom stereocenters. The minimum atomic E-state index is 0.834. The van der Waals surface area contributed by atoms with Crippen LogP contribution in [0.1, 0.15) is 51.2 Å². The molecule has 0 saturated carbocycles. The normalized spacial score (nSPS) is 16.7. The van der Waals surface area contributed by atoms with Crippen molar-refractivity contribution in [2.24, 2.45) is 11.8 Å². The van der Waals surface area contributed by atoms with Crippen molar-refractivity contribution in [3.8, 4) is 0 Å². The third kappa shape index (κ3) is 4.47. The lowest BCUT2D eigenvalue weighted by molar-refractivity contribution is 0.311. The van der Waals surface area contributed by atoms with E-state index >= 15 is 0 Å². The van der Waals surface area contributed by atoms with Crippen molar-refractivity contribution in [2.75, 3.05) is 24.5 Å². The van der Waals surface area contributed by atoms with E-state index in [0.29, 0.717) is 0 Å². The molecule has 1 N–H and O–H groups in total. The predicted octanol–water partition coefficient (Wildman–Crippen LogP) is 4.37. The van der Waals surface area contributed by atoms with Crippen LogP contribution in [0.5, 0.6) is 0 Å². The Kier molecular flexibility index (Phi) is 6.10. The number of hydrogen-bond acceptors (Lipinski definition) is 2. The van der Waals surface area contributed by atoms with Crippen LogP contribution < -0.4 is 10.2 Å². The van der Waals surface area contributed by atoms with Crippen molar-refractivity contribution < 1.29 is 0 Å². The Bertz CT molecular complexity index is 431. The zero-order valence-corrected chi connectivity index (χ0v) is 14.3. The van der Waals surface area contributed by atoms with Gasteiger partial charge in [0.05, 0.1) is 0 Å². The Morgan fingerprint density at radius 3 is 2.52 bits per heavy atom. The van der Waals surface area contributed by atoms with E-state index in [0.717, 1.165) is 24.9 Å². The van der Waals surface area contributed by atoms with E-state index in [1.54, 1.807) is 0 Å². The fraction of sp³-hybridized carbons (Fsp3) is 0.684. The SMILES string of the molecule is CCCNCc1ccc(N2CCC(C(C)C)CC2)c(C)c1. The zero-order chi connectivity index (χ0) is 15.2. The largest absolute Gasteiger partial charge is 0.371 e. The van der Waals surface area contributed by atoms with E-state index in [4.69, 9.17) is 0 Å². The highest BCUT2D eigenvalue weighted by Gasteiger charge is 2.22. The molecule has 0 radical (unpaired) electrons. The minimum Gasteiger partial charge on any atom is -0.371 e. The Hall–Kier alpha value is -1.02. The Morgan fingerprint density at radius 2 is 1.95 bits per heavy atom. The molecular weight excluding hydrogens is 256 g/mol. The van der Waals surface area contributed by atoms with E-state index in [-0.39, 0.29) is 0 Å². The molecule has 0 aromatic heterocycles. The maximum atomic E-state index is 3.48. The van der Waals surface area contributed by atoms with Gasteiger partial charge in [0.25, 0.3) is 0 Å². The van der Waals surface area contributed by atoms with E-state index in [9.17, 15) is 0 Å². The van der Waals surface area contributed by atoms with Crippen LogP contribution in [0.15, 0.2) is 18.2 Å². The van der Waals surface area contributed by atoms with Crippen molar-refractivity contribution in [3.63, 3.8) is 0 Å². The second-order valence-electron chi connectivity index (χ2n) is 6.87. The summed E-state index contributed by atoms with van der Waals surface area (Å²) in [4.78, 5) is 2.58. The van der Waals surface area contributed by atoms with Crippen LogP contribution in [0.3, 0.4) is 0 Å². The Balaban J connectivity index is 1.95. The third-order valence-electron chi connectivity index (χ3n) is 4.84. The van der Waals surface area contributed by atoms with Gasteiger partial charge in [-0.2, -0.15) is 0 Å². The standard InChI is InChI=1S/C19H32N2/c1-5-10-20-14-17-6-7-19(16(4)13-17)21-11-8-18(9-12-21)15(2)3/h6-7,13,15,18,20H,5,8-12,14H2,1-4H3. The lowest BCUT2D eigenvalue weighted by atomic mass is 9.86. The number of piperidine rings is 1. The van der Waals surface area contributed by atoms with Crippen LogP contribution in [0.4, 0.5) is 5.69 Å². The molecular formula is C19H32N2. The highest BCUT2D eigenvalue weighted by Crippen LogP contribution is 2.29. The monoisotopic (exact) mass is 288 g/mol. The summed E-state index contributed by atoms with van der Waals surface area (Å²) >= 11 is 0. The lowest BCUT2D eigenvalue weighted by Crippen LogP contribution is -2.35. The van der Waals surface area contributed by atoms with E-state index < -0.39 is 0 Å². The smallest absolute Gasteiger partial charge is 0.0396 e. The van der Waals surface area contributed by atoms with Gasteiger partial charge in [-0.05, 0) is 61.8 Å². The molecule has 0 atom stereocenters. The number of aryl methyl sites for hydroxylation is 1. The summed E-state index contributed by atoms with van der Waals surface area (Å²) in [6.07, 6.45) is 3.88. The summed E-state index contributed by atoms with van der Waals surface area (Å²) < 4.78 is 0. The van der Waals surface area contributed by atoms with Gasteiger partial charge in [0.1, 0.15) is 0 Å². The summed E-state index contributed by atoms with van der Waals surface area (Å²) in [5.41, 5.74) is 4.27. The van der Waals surface area contributed by atoms with Crippen LogP contribution in [0, 0.1) is 18.8 Å². The molecule has 1 saturated heterocycles. The first kappa shape index (κ1) is 16.4. The first-order chi connectivity index (χ1) is 10.1. The highest BCUT2D eigenvalue weighted by atomic mass is 15.1. The van der Waals surface area contributed by atoms with Gasteiger partial charge in [0.2, 0.25) is 0 Å². The van der Waals surface area contributed by atoms with Gasteiger partial charge in [0, 0.05) is 25.3 Å². The fourth-order valence-corrected chi connectivity index (χ4v) is 3.40. The average molecular weight is 288 g/mol. The molecule has 2 nitrogen and oxygen atoms in total. The zero-order valence-electron chi connectivity index (χ0n) is 14.3. The lowest BCUT2D eigenvalue weighted by Gasteiger charge is -2.36. The van der Waals surface area contributed by atoms with Crippen molar-refractivity contribution in [3.05, 3.63) is 29.3 Å². The quantitative estimate of drug-likeness (QED) is 0.782. The van der Waals surface area contributed by atoms with Crippen molar-refractivity contribution in [2.45, 2.75) is 53.5 Å². The first-order valence-corrected chi connectivity index (χ1v) is 8.67. The molecule has 118 valence electrons. The second kappa shape index (κ2) is 7.84. The highest BCUT2D eigenvalue weighted by molar-refractivity contribution is 5.54. The predicted molar refractivity (Wildman–Crippen MR) is 93.0 cm³/mol. The molecule has 2 heteroatoms. The van der Waals surface area contributed by atoms with Gasteiger partial charge in [-0.15, -0.1) is 0 Å². The minimum absolute atomic E-state index is 0.834. The molecule has 0 spiro atoms. The molecule has 0 bridgehead atoms. The van der Waals surface area contributed by atoms with Gasteiger partial charge in [0.15, 0.2) is 0 Å². The first-order valence-electron chi connectivity index (χ1n) is 8.67. The summed E-state index contributed by atoms with van der Waals surface area (Å²) in [7, 11) is 0. The maximum Gasteiger partial charge on any atom is 0.0396 e. The summed E-state index contributed by atoms with van der Waals surface area (Å²) in [6.45, 7) is 13.7. The van der Waals surface area contributed by atoms with Gasteiger partial charge in [-0.3, -0.25) is 0 Å². The van der Waals surface area contributed by atoms with Crippen LogP contribution in [-0.2, 0) is 6.54 Å². The number of nitrogens with one attached hydrogen (secondary N) is 1. The van der Waals surface area contributed by atoms with Gasteiger partial charge in [-0.1, -0.05) is 32.9 Å². The molecule has 1 aromatic carbocycles. The van der Waals surface area contributed by atoms with Crippen molar-refractivity contribution in [1.82, 2.24) is 5.32 Å². The van der Waals surface area contributed by atoms with Crippen molar-refractivity contribution >= 4 is 5.69 Å². The molecule has 1 aliphatic heterocycles. The molecule has 0 aliphatic carbocycles. The molecule has 0 amide bonds. The number of benzene rings is 1. The van der Waals surface area contributed by atoms with Gasteiger partial charge >= 0.3 is 0 Å². The van der Waals surface area contributed by atoms with E-state index in [1.807, 2.05) is 0 Å². The molecule has 1 fully saturated rings. The second-order valence-corrected chi connectivity index (χ2v) is 6.87. The number of rotatable bonds is 6. The average Bonchev–Trinajstić information content (AvgIpc) is 2.48. The van der Waals surface area contributed by atoms with Gasteiger partial charge in [-0.25, -0.2) is 0 Å². The molecule has 1 heterocycles. The third-order valence-corrected chi connectivity index (χ3v) is 4.84. The number of nitrogens with zero attached hydrogens (tertiary/aromatic N) is 1. The molecule has 1 aromatic rings. The fourth-order valence-electron chi connectivity index (χ4n) is 3.40. The molecule has 2 rings (SSSR count). The van der Waals surface area contributed by atoms with Crippen molar-refractivity contribution in [1.29, 1.82) is 0 Å². The Labute approximate surface area is 130 Å².